The highest BCUT2D eigenvalue weighted by molar-refractivity contribution is 5.90. The SMILES string of the molecule is CC(=O)OC1CCC2[C@@H]3CC(=O)[C@@]4(F)C[C@H](OC(C)=O)CC[C@]4(C)C3CC[C@]12C. The van der Waals surface area contributed by atoms with Gasteiger partial charge in [-0.15, -0.1) is 0 Å². The predicted molar refractivity (Wildman–Crippen MR) is 104 cm³/mol. The Hall–Kier alpha value is -1.46. The highest BCUT2D eigenvalue weighted by Crippen LogP contribution is 2.67. The lowest BCUT2D eigenvalue weighted by Gasteiger charge is -2.61. The number of Topliss-reactive ketones (excluding diaryl/α,β-unsaturated/α-hetero) is 1. The molecule has 0 aliphatic heterocycles. The van der Waals surface area contributed by atoms with E-state index in [-0.39, 0.29) is 53.9 Å². The molecule has 8 atom stereocenters. The maximum absolute atomic E-state index is 16.3. The largest absolute Gasteiger partial charge is 0.462 e. The zero-order valence-electron chi connectivity index (χ0n) is 18.0. The predicted octanol–water partition coefficient (Wildman–Crippen LogP) is 4.16. The number of ketones is 1. The van der Waals surface area contributed by atoms with Crippen molar-refractivity contribution >= 4 is 17.7 Å². The Kier molecular flexibility index (Phi) is 4.86. The minimum Gasteiger partial charge on any atom is -0.462 e. The van der Waals surface area contributed by atoms with Crippen molar-refractivity contribution in [3.63, 3.8) is 0 Å². The fourth-order valence-corrected chi connectivity index (χ4v) is 7.64. The maximum atomic E-state index is 16.3. The van der Waals surface area contributed by atoms with Crippen LogP contribution in [0, 0.1) is 28.6 Å². The highest BCUT2D eigenvalue weighted by Gasteiger charge is 2.69. The molecule has 5 nitrogen and oxygen atoms in total. The van der Waals surface area contributed by atoms with Crippen LogP contribution in [-0.2, 0) is 23.9 Å². The molecule has 29 heavy (non-hydrogen) atoms. The lowest BCUT2D eigenvalue weighted by atomic mass is 9.43. The van der Waals surface area contributed by atoms with Gasteiger partial charge in [0, 0.05) is 37.5 Å². The number of fused-ring (bicyclic) bond motifs is 5. The van der Waals surface area contributed by atoms with E-state index in [9.17, 15) is 14.4 Å². The number of hydrogen-bond acceptors (Lipinski definition) is 5. The fraction of sp³-hybridized carbons (Fsp3) is 0.870. The van der Waals surface area contributed by atoms with Crippen molar-refractivity contribution in [1.29, 1.82) is 0 Å². The van der Waals surface area contributed by atoms with E-state index in [0.29, 0.717) is 12.8 Å². The van der Waals surface area contributed by atoms with Gasteiger partial charge >= 0.3 is 11.9 Å². The summed E-state index contributed by atoms with van der Waals surface area (Å²) in [7, 11) is 0. The first kappa shape index (κ1) is 20.8. The van der Waals surface area contributed by atoms with Crippen LogP contribution in [0.1, 0.15) is 79.1 Å². The number of rotatable bonds is 2. The Morgan fingerprint density at radius 2 is 1.66 bits per heavy atom. The van der Waals surface area contributed by atoms with E-state index in [1.54, 1.807) is 0 Å². The molecule has 162 valence electrons. The maximum Gasteiger partial charge on any atom is 0.302 e. The third-order valence-electron chi connectivity index (χ3n) is 9.07. The molecule has 4 aliphatic rings. The van der Waals surface area contributed by atoms with Crippen LogP contribution >= 0.6 is 0 Å². The topological polar surface area (TPSA) is 69.7 Å². The van der Waals surface area contributed by atoms with Gasteiger partial charge in [0.1, 0.15) is 12.2 Å². The molecule has 0 aromatic heterocycles. The van der Waals surface area contributed by atoms with E-state index in [0.717, 1.165) is 25.7 Å². The molecule has 4 fully saturated rings. The molecule has 0 saturated heterocycles. The van der Waals surface area contributed by atoms with E-state index in [1.807, 2.05) is 6.92 Å². The van der Waals surface area contributed by atoms with Crippen LogP contribution in [0.15, 0.2) is 0 Å². The number of hydrogen-bond donors (Lipinski definition) is 0. The first-order valence-corrected chi connectivity index (χ1v) is 11.1. The molecule has 4 rings (SSSR count). The second-order valence-electron chi connectivity index (χ2n) is 10.4. The lowest BCUT2D eigenvalue weighted by molar-refractivity contribution is -0.199. The van der Waals surface area contributed by atoms with E-state index in [4.69, 9.17) is 9.47 Å². The summed E-state index contributed by atoms with van der Waals surface area (Å²) in [6.45, 7) is 6.93. The van der Waals surface area contributed by atoms with Gasteiger partial charge in [-0.25, -0.2) is 4.39 Å². The van der Waals surface area contributed by atoms with Crippen LogP contribution < -0.4 is 0 Å². The van der Waals surface area contributed by atoms with E-state index >= 15 is 4.39 Å². The number of carbonyl (C=O) groups is 3. The summed E-state index contributed by atoms with van der Waals surface area (Å²) in [4.78, 5) is 36.1. The van der Waals surface area contributed by atoms with Gasteiger partial charge in [-0.05, 0) is 56.3 Å². The molecule has 0 aromatic carbocycles. The summed E-state index contributed by atoms with van der Waals surface area (Å²) in [5.74, 6) is -0.435. The van der Waals surface area contributed by atoms with Gasteiger partial charge in [-0.1, -0.05) is 13.8 Å². The summed E-state index contributed by atoms with van der Waals surface area (Å²) in [5, 5.41) is 0. The van der Waals surface area contributed by atoms with Gasteiger partial charge in [-0.3, -0.25) is 14.4 Å². The van der Waals surface area contributed by atoms with Crippen molar-refractivity contribution in [3.8, 4) is 0 Å². The first-order valence-electron chi connectivity index (χ1n) is 11.1. The van der Waals surface area contributed by atoms with Gasteiger partial charge in [0.2, 0.25) is 0 Å². The van der Waals surface area contributed by atoms with Crippen molar-refractivity contribution in [2.24, 2.45) is 28.6 Å². The van der Waals surface area contributed by atoms with Crippen molar-refractivity contribution in [2.45, 2.75) is 96.9 Å². The first-order chi connectivity index (χ1) is 13.5. The molecule has 6 heteroatoms. The summed E-state index contributed by atoms with van der Waals surface area (Å²) >= 11 is 0. The molecule has 4 aliphatic carbocycles. The Labute approximate surface area is 172 Å². The van der Waals surface area contributed by atoms with E-state index < -0.39 is 23.2 Å². The molecule has 0 aromatic rings. The summed E-state index contributed by atoms with van der Waals surface area (Å²) in [6.07, 6.45) is 4.28. The number of halogens is 1. The lowest BCUT2D eigenvalue weighted by Crippen LogP contribution is -2.65. The van der Waals surface area contributed by atoms with Crippen molar-refractivity contribution in [1.82, 2.24) is 0 Å². The van der Waals surface area contributed by atoms with Crippen LogP contribution in [0.25, 0.3) is 0 Å². The Morgan fingerprint density at radius 3 is 2.31 bits per heavy atom. The van der Waals surface area contributed by atoms with Crippen LogP contribution in [0.3, 0.4) is 0 Å². The average Bonchev–Trinajstić information content (AvgIpc) is 2.93. The second kappa shape index (κ2) is 6.78. The Bertz CT molecular complexity index is 737. The zero-order valence-corrected chi connectivity index (χ0v) is 18.0. The number of esters is 2. The monoisotopic (exact) mass is 408 g/mol. The zero-order chi connectivity index (χ0) is 21.2. The van der Waals surface area contributed by atoms with Gasteiger partial charge in [0.05, 0.1) is 0 Å². The average molecular weight is 409 g/mol. The molecule has 4 saturated carbocycles. The highest BCUT2D eigenvalue weighted by atomic mass is 19.1. The molecule has 0 bridgehead atoms. The van der Waals surface area contributed by atoms with Gasteiger partial charge in [0.15, 0.2) is 11.5 Å². The van der Waals surface area contributed by atoms with Crippen LogP contribution in [-0.4, -0.2) is 35.6 Å². The molecular formula is C23H33FO5. The van der Waals surface area contributed by atoms with Gasteiger partial charge < -0.3 is 9.47 Å². The van der Waals surface area contributed by atoms with Gasteiger partial charge in [-0.2, -0.15) is 0 Å². The van der Waals surface area contributed by atoms with E-state index in [2.05, 4.69) is 6.92 Å². The smallest absolute Gasteiger partial charge is 0.302 e. The molecule has 0 amide bonds. The third-order valence-corrected chi connectivity index (χ3v) is 9.07. The fourth-order valence-electron chi connectivity index (χ4n) is 7.64. The molecule has 0 heterocycles. The molecule has 3 unspecified atom stereocenters. The molecule has 0 radical (unpaired) electrons. The van der Waals surface area contributed by atoms with Crippen LogP contribution in [0.2, 0.25) is 0 Å². The summed E-state index contributed by atoms with van der Waals surface area (Å²) in [6, 6.07) is 0. The summed E-state index contributed by atoms with van der Waals surface area (Å²) in [5.41, 5.74) is -2.77. The number of alkyl halides is 1. The van der Waals surface area contributed by atoms with Crippen LogP contribution in [0.5, 0.6) is 0 Å². The third kappa shape index (κ3) is 2.96. The summed E-state index contributed by atoms with van der Waals surface area (Å²) < 4.78 is 27.3. The second-order valence-corrected chi connectivity index (χ2v) is 10.4. The quantitative estimate of drug-likeness (QED) is 0.642. The molecule has 0 spiro atoms. The number of carbonyl (C=O) groups excluding carboxylic acids is 3. The van der Waals surface area contributed by atoms with Crippen molar-refractivity contribution in [2.75, 3.05) is 0 Å². The Morgan fingerprint density at radius 1 is 0.966 bits per heavy atom. The van der Waals surface area contributed by atoms with Gasteiger partial charge in [0.25, 0.3) is 0 Å². The minimum atomic E-state index is -1.92. The normalized spacial score (nSPS) is 48.9. The number of ether oxygens (including phenoxy) is 2. The standard InChI is InChI=1S/C23H33FO5/c1-13(25)28-15-7-10-22(4)18-8-9-21(3)17(5-6-20(21)29-14(2)26)16(18)11-19(27)23(22,24)12-15/h15-18,20H,5-12H2,1-4H3/t15-,16+,17?,18?,20?,21+,22-,23+/m1/s1. The van der Waals surface area contributed by atoms with Crippen LogP contribution in [0.4, 0.5) is 4.39 Å². The molecular weight excluding hydrogens is 375 g/mol. The van der Waals surface area contributed by atoms with E-state index in [1.165, 1.54) is 13.8 Å². The minimum absolute atomic E-state index is 0.0108. The Balaban J connectivity index is 1.61. The van der Waals surface area contributed by atoms with Crippen molar-refractivity contribution in [3.05, 3.63) is 0 Å². The van der Waals surface area contributed by atoms with Crippen molar-refractivity contribution < 1.29 is 28.2 Å². The molecule has 0 N–H and O–H groups in total.